The third-order valence-electron chi connectivity index (χ3n) is 7.03. The Hall–Kier alpha value is -3.76. The summed E-state index contributed by atoms with van der Waals surface area (Å²) in [6.07, 6.45) is 1.91. The first kappa shape index (κ1) is 25.9. The molecule has 2 aromatic carbocycles. The maximum absolute atomic E-state index is 14.0. The number of anilines is 1. The maximum Gasteiger partial charge on any atom is 0.161 e. The lowest BCUT2D eigenvalue weighted by Gasteiger charge is -2.39. The summed E-state index contributed by atoms with van der Waals surface area (Å²) in [6.45, 7) is 5.70. The van der Waals surface area contributed by atoms with Gasteiger partial charge < -0.3 is 29.8 Å². The number of rotatable bonds is 7. The molecule has 200 valence electrons. The number of imidazole rings is 1. The van der Waals surface area contributed by atoms with Crippen molar-refractivity contribution in [2.75, 3.05) is 38.8 Å². The fraction of sp³-hybridized carbons (Fsp3) is 0.357. The van der Waals surface area contributed by atoms with Crippen molar-refractivity contribution in [3.63, 3.8) is 0 Å². The minimum absolute atomic E-state index is 0.0138. The van der Waals surface area contributed by atoms with Gasteiger partial charge in [0.2, 0.25) is 0 Å². The Kier molecular flexibility index (Phi) is 7.18. The molecule has 0 amide bonds. The van der Waals surface area contributed by atoms with Gasteiger partial charge in [0, 0.05) is 49.1 Å². The van der Waals surface area contributed by atoms with Gasteiger partial charge in [-0.2, -0.15) is 0 Å². The van der Waals surface area contributed by atoms with E-state index in [1.807, 2.05) is 26.0 Å². The molecule has 0 bridgehead atoms. The highest BCUT2D eigenvalue weighted by Gasteiger charge is 2.31. The van der Waals surface area contributed by atoms with Crippen molar-refractivity contribution in [3.8, 4) is 34.0 Å². The molecule has 1 saturated heterocycles. The van der Waals surface area contributed by atoms with E-state index in [1.165, 1.54) is 0 Å². The predicted molar refractivity (Wildman–Crippen MR) is 143 cm³/mol. The molecule has 0 aliphatic carbocycles. The lowest BCUT2D eigenvalue weighted by molar-refractivity contribution is 0.115. The van der Waals surface area contributed by atoms with E-state index in [-0.39, 0.29) is 6.04 Å². The summed E-state index contributed by atoms with van der Waals surface area (Å²) in [5, 5.41) is 14.4. The minimum Gasteiger partial charge on any atom is -0.497 e. The topological polar surface area (TPSA) is 95.5 Å². The Balaban J connectivity index is 1.73. The van der Waals surface area contributed by atoms with E-state index in [0.29, 0.717) is 52.7 Å². The fourth-order valence-corrected chi connectivity index (χ4v) is 5.14. The molecule has 3 heterocycles. The molecule has 0 spiro atoms. The second-order valence-corrected chi connectivity index (χ2v) is 9.42. The van der Waals surface area contributed by atoms with Crippen molar-refractivity contribution in [1.29, 1.82) is 0 Å². The van der Waals surface area contributed by atoms with Crippen LogP contribution in [0, 0.1) is 18.6 Å². The number of hydrogen-bond donors (Lipinski definition) is 3. The Labute approximate surface area is 219 Å². The molecule has 0 radical (unpaired) electrons. The van der Waals surface area contributed by atoms with Crippen LogP contribution in [0.25, 0.3) is 33.5 Å². The average Bonchev–Trinajstić information content (AvgIpc) is 3.31. The van der Waals surface area contributed by atoms with E-state index in [1.54, 1.807) is 26.5 Å². The third-order valence-corrected chi connectivity index (χ3v) is 7.03. The second kappa shape index (κ2) is 10.5. The van der Waals surface area contributed by atoms with Crippen LogP contribution < -0.4 is 19.7 Å². The van der Waals surface area contributed by atoms with Gasteiger partial charge in [0.05, 0.1) is 48.3 Å². The van der Waals surface area contributed by atoms with E-state index in [9.17, 15) is 13.9 Å². The molecule has 0 unspecified atom stereocenters. The molecule has 10 heteroatoms. The average molecular weight is 524 g/mol. The first-order valence-electron chi connectivity index (χ1n) is 12.6. The van der Waals surface area contributed by atoms with Crippen LogP contribution in [0.15, 0.2) is 36.5 Å². The van der Waals surface area contributed by atoms with Crippen LogP contribution in [0.2, 0.25) is 0 Å². The van der Waals surface area contributed by atoms with Gasteiger partial charge in [-0.25, -0.2) is 13.8 Å². The number of β-amino-alcohol motifs (C(OH)–C–C–N with tert-alkyl or cyclic N) is 1. The van der Waals surface area contributed by atoms with Crippen LogP contribution in [0.5, 0.6) is 11.5 Å². The molecule has 3 N–H and O–H groups in total. The van der Waals surface area contributed by atoms with Gasteiger partial charge in [0.25, 0.3) is 0 Å². The molecule has 2 aromatic heterocycles. The normalized spacial score (nSPS) is 17.7. The molecule has 8 nitrogen and oxygen atoms in total. The third kappa shape index (κ3) is 4.77. The highest BCUT2D eigenvalue weighted by molar-refractivity contribution is 5.92. The second-order valence-electron chi connectivity index (χ2n) is 9.42. The Morgan fingerprint density at radius 2 is 1.82 bits per heavy atom. The number of aryl methyl sites for hydroxylation is 1. The van der Waals surface area contributed by atoms with Gasteiger partial charge in [0.1, 0.15) is 17.3 Å². The number of fused-ring (bicyclic) bond motifs is 1. The van der Waals surface area contributed by atoms with Gasteiger partial charge in [-0.3, -0.25) is 4.98 Å². The Bertz CT molecular complexity index is 1410. The van der Waals surface area contributed by atoms with Crippen molar-refractivity contribution in [3.05, 3.63) is 53.9 Å². The van der Waals surface area contributed by atoms with E-state index in [4.69, 9.17) is 9.47 Å². The van der Waals surface area contributed by atoms with Crippen LogP contribution in [0.1, 0.15) is 19.0 Å². The van der Waals surface area contributed by atoms with Crippen LogP contribution in [0.3, 0.4) is 0 Å². The summed E-state index contributed by atoms with van der Waals surface area (Å²) in [5.41, 5.74) is 4.46. The number of nitrogens with one attached hydrogen (secondary N) is 2. The monoisotopic (exact) mass is 523 g/mol. The molecule has 2 atom stereocenters. The van der Waals surface area contributed by atoms with Crippen LogP contribution in [0.4, 0.5) is 14.5 Å². The molecule has 1 aliphatic heterocycles. The first-order chi connectivity index (χ1) is 18.3. The summed E-state index contributed by atoms with van der Waals surface area (Å²) in [5.74, 6) is -0.240. The van der Waals surface area contributed by atoms with E-state index < -0.39 is 17.7 Å². The summed E-state index contributed by atoms with van der Waals surface area (Å²) in [7, 11) is 3.18. The number of pyridine rings is 1. The van der Waals surface area contributed by atoms with Gasteiger partial charge in [-0.05, 0) is 37.6 Å². The molecule has 0 saturated carbocycles. The van der Waals surface area contributed by atoms with Crippen molar-refractivity contribution >= 4 is 16.7 Å². The number of halogens is 2. The van der Waals surface area contributed by atoms with Gasteiger partial charge in [0.15, 0.2) is 11.6 Å². The van der Waals surface area contributed by atoms with Crippen molar-refractivity contribution in [2.24, 2.45) is 0 Å². The molecule has 5 rings (SSSR count). The lowest BCUT2D eigenvalue weighted by atomic mass is 9.95. The first-order valence-corrected chi connectivity index (χ1v) is 12.6. The molecular formula is C28H31F2N5O3. The van der Waals surface area contributed by atoms with Crippen LogP contribution >= 0.6 is 0 Å². The number of hydrogen-bond acceptors (Lipinski definition) is 7. The SMILES string of the molecule is CCN[C@@H]1CCN(c2c(-c3cc(OC)cc(OC)c3)cnc(C)c2-c2nc3cc(F)c(F)cc3[nH]2)C[C@@H]1O. The lowest BCUT2D eigenvalue weighted by Crippen LogP contribution is -2.53. The Morgan fingerprint density at radius 1 is 1.11 bits per heavy atom. The van der Waals surface area contributed by atoms with E-state index >= 15 is 0 Å². The van der Waals surface area contributed by atoms with Crippen molar-refractivity contribution in [2.45, 2.75) is 32.4 Å². The number of aromatic nitrogens is 3. The number of nitrogens with zero attached hydrogens (tertiary/aromatic N) is 3. The number of aromatic amines is 1. The number of aliphatic hydroxyl groups excluding tert-OH is 1. The van der Waals surface area contributed by atoms with Gasteiger partial charge >= 0.3 is 0 Å². The highest BCUT2D eigenvalue weighted by atomic mass is 19.2. The molecule has 1 aliphatic rings. The minimum atomic E-state index is -0.962. The van der Waals surface area contributed by atoms with Gasteiger partial charge in [-0.1, -0.05) is 6.92 Å². The molecular weight excluding hydrogens is 492 g/mol. The summed E-state index contributed by atoms with van der Waals surface area (Å²) in [4.78, 5) is 14.6. The zero-order valence-electron chi connectivity index (χ0n) is 21.8. The highest BCUT2D eigenvalue weighted by Crippen LogP contribution is 2.43. The van der Waals surface area contributed by atoms with Crippen molar-refractivity contribution < 1.29 is 23.4 Å². The smallest absolute Gasteiger partial charge is 0.161 e. The number of ether oxygens (including phenoxy) is 2. The largest absolute Gasteiger partial charge is 0.497 e. The summed E-state index contributed by atoms with van der Waals surface area (Å²) in [6, 6.07) is 7.75. The van der Waals surface area contributed by atoms with Crippen LogP contribution in [-0.4, -0.2) is 66.1 Å². The number of benzene rings is 2. The summed E-state index contributed by atoms with van der Waals surface area (Å²) < 4.78 is 39.0. The number of H-pyrrole nitrogens is 1. The predicted octanol–water partition coefficient (Wildman–Crippen LogP) is 4.44. The quantitative estimate of drug-likeness (QED) is 0.330. The van der Waals surface area contributed by atoms with Crippen LogP contribution in [-0.2, 0) is 0 Å². The molecule has 1 fully saturated rings. The van der Waals surface area contributed by atoms with Crippen molar-refractivity contribution in [1.82, 2.24) is 20.3 Å². The zero-order valence-corrected chi connectivity index (χ0v) is 21.8. The molecule has 38 heavy (non-hydrogen) atoms. The molecule has 4 aromatic rings. The zero-order chi connectivity index (χ0) is 27.0. The number of likely N-dealkylation sites (N-methyl/N-ethyl adjacent to an activating group) is 1. The Morgan fingerprint density at radius 3 is 2.47 bits per heavy atom. The number of methoxy groups -OCH3 is 2. The summed E-state index contributed by atoms with van der Waals surface area (Å²) >= 11 is 0. The number of aliphatic hydroxyl groups is 1. The number of piperidine rings is 1. The maximum atomic E-state index is 14.0. The van der Waals surface area contributed by atoms with Gasteiger partial charge in [-0.15, -0.1) is 0 Å². The van der Waals surface area contributed by atoms with E-state index in [0.717, 1.165) is 41.9 Å². The fourth-order valence-electron chi connectivity index (χ4n) is 5.14. The standard InChI is InChI=1S/C28H31F2N5O3/c1-5-31-22-6-7-35(14-25(22)36)27-19(16-8-17(37-3)10-18(9-16)38-4)13-32-15(2)26(27)28-33-23-11-20(29)21(30)12-24(23)34-28/h8-13,22,25,31,36H,5-7,14H2,1-4H3,(H,33,34)/t22-,25+/m1/s1. The van der Waals surface area contributed by atoms with E-state index in [2.05, 4.69) is 25.2 Å².